The number of fused-ring (bicyclic) bond motifs is 1. The molecule has 2 aromatic heterocycles. The van der Waals surface area contributed by atoms with Crippen molar-refractivity contribution in [3.63, 3.8) is 0 Å². The second kappa shape index (κ2) is 4.86. The van der Waals surface area contributed by atoms with Gasteiger partial charge in [-0.05, 0) is 48.0 Å². The third-order valence-electron chi connectivity index (χ3n) is 3.84. The van der Waals surface area contributed by atoms with Crippen molar-refractivity contribution in [1.29, 1.82) is 0 Å². The van der Waals surface area contributed by atoms with E-state index < -0.39 is 5.91 Å². The Hall–Kier alpha value is -1.95. The molecule has 2 heterocycles. The van der Waals surface area contributed by atoms with E-state index in [2.05, 4.69) is 16.6 Å². The summed E-state index contributed by atoms with van der Waals surface area (Å²) in [7, 11) is 1.73. The van der Waals surface area contributed by atoms with Gasteiger partial charge in [0.2, 0.25) is 0 Å². The quantitative estimate of drug-likeness (QED) is 0.921. The van der Waals surface area contributed by atoms with Crippen LogP contribution in [0.1, 0.15) is 40.9 Å². The summed E-state index contributed by atoms with van der Waals surface area (Å²) in [6.07, 6.45) is 1.93. The van der Waals surface area contributed by atoms with Crippen LogP contribution in [-0.2, 0) is 13.5 Å². The van der Waals surface area contributed by atoms with Gasteiger partial charge < -0.3 is 9.88 Å². The monoisotopic (exact) mass is 289 g/mol. The van der Waals surface area contributed by atoms with Gasteiger partial charge in [0.15, 0.2) is 0 Å². The first-order valence-electron chi connectivity index (χ1n) is 6.52. The fourth-order valence-corrected chi connectivity index (χ4v) is 3.14. The molecule has 1 amide bonds. The number of aromatic nitrogens is 2. The van der Waals surface area contributed by atoms with Crippen molar-refractivity contribution >= 4 is 23.3 Å². The summed E-state index contributed by atoms with van der Waals surface area (Å²) in [5, 5.41) is 4.44. The van der Waals surface area contributed by atoms with E-state index in [1.807, 2.05) is 0 Å². The Morgan fingerprint density at radius 2 is 2.35 bits per heavy atom. The lowest BCUT2D eigenvalue weighted by atomic mass is 10.0. The summed E-state index contributed by atoms with van der Waals surface area (Å²) < 4.78 is 5.63. The molecular formula is C14H15N3O2S. The van der Waals surface area contributed by atoms with E-state index in [0.717, 1.165) is 24.1 Å². The standard InChI is InChI=1S/C14H15N3O2S/c1-8-3-4-11-9(8)7-10(14(19)17(11)2)13(18)15-12-5-6-20-16-12/h5-8H,3-4H2,1-2H3,(H,15,16,18)/t8-/m1/s1. The van der Waals surface area contributed by atoms with Crippen molar-refractivity contribution in [2.75, 3.05) is 5.32 Å². The highest BCUT2D eigenvalue weighted by atomic mass is 32.1. The van der Waals surface area contributed by atoms with E-state index >= 15 is 0 Å². The molecule has 3 rings (SSSR count). The topological polar surface area (TPSA) is 64.0 Å². The first-order valence-corrected chi connectivity index (χ1v) is 7.36. The fraction of sp³-hybridized carbons (Fsp3) is 0.357. The number of hydrogen-bond acceptors (Lipinski definition) is 4. The van der Waals surface area contributed by atoms with Crippen molar-refractivity contribution in [3.8, 4) is 0 Å². The molecule has 0 unspecified atom stereocenters. The van der Waals surface area contributed by atoms with Crippen LogP contribution in [0.3, 0.4) is 0 Å². The number of nitrogens with zero attached hydrogens (tertiary/aromatic N) is 2. The largest absolute Gasteiger partial charge is 0.315 e. The van der Waals surface area contributed by atoms with Crippen molar-refractivity contribution in [1.82, 2.24) is 8.94 Å². The highest BCUT2D eigenvalue weighted by Gasteiger charge is 2.25. The summed E-state index contributed by atoms with van der Waals surface area (Å²) in [4.78, 5) is 24.5. The summed E-state index contributed by atoms with van der Waals surface area (Å²) in [5.41, 5.74) is 2.10. The first-order chi connectivity index (χ1) is 9.58. The highest BCUT2D eigenvalue weighted by Crippen LogP contribution is 2.31. The van der Waals surface area contributed by atoms with Crippen LogP contribution < -0.4 is 10.9 Å². The number of pyridine rings is 1. The van der Waals surface area contributed by atoms with Gasteiger partial charge >= 0.3 is 0 Å². The van der Waals surface area contributed by atoms with Gasteiger partial charge in [-0.1, -0.05) is 6.92 Å². The number of rotatable bonds is 2. The number of hydrogen-bond donors (Lipinski definition) is 1. The second-order valence-corrected chi connectivity index (χ2v) is 5.77. The molecule has 1 N–H and O–H groups in total. The lowest BCUT2D eigenvalue weighted by Gasteiger charge is -2.11. The molecule has 104 valence electrons. The minimum Gasteiger partial charge on any atom is -0.315 e. The van der Waals surface area contributed by atoms with Gasteiger partial charge in [-0.2, -0.15) is 4.37 Å². The molecule has 20 heavy (non-hydrogen) atoms. The Labute approximate surface area is 120 Å². The smallest absolute Gasteiger partial charge is 0.263 e. The summed E-state index contributed by atoms with van der Waals surface area (Å²) >= 11 is 1.26. The van der Waals surface area contributed by atoms with Crippen LogP contribution in [0.5, 0.6) is 0 Å². The molecular weight excluding hydrogens is 274 g/mol. The maximum Gasteiger partial charge on any atom is 0.263 e. The molecule has 6 heteroatoms. The van der Waals surface area contributed by atoms with Crippen LogP contribution >= 0.6 is 11.5 Å². The van der Waals surface area contributed by atoms with Crippen molar-refractivity contribution < 1.29 is 4.79 Å². The number of anilines is 1. The maximum absolute atomic E-state index is 12.3. The van der Waals surface area contributed by atoms with Gasteiger partial charge in [0.1, 0.15) is 11.4 Å². The van der Waals surface area contributed by atoms with Crippen molar-refractivity contribution in [2.24, 2.45) is 7.05 Å². The lowest BCUT2D eigenvalue weighted by molar-refractivity contribution is 0.102. The molecule has 0 aliphatic heterocycles. The van der Waals surface area contributed by atoms with Crippen molar-refractivity contribution in [3.05, 3.63) is 44.7 Å². The molecule has 5 nitrogen and oxygen atoms in total. The van der Waals surface area contributed by atoms with Gasteiger partial charge in [-0.3, -0.25) is 9.59 Å². The average molecular weight is 289 g/mol. The molecule has 0 bridgehead atoms. The highest BCUT2D eigenvalue weighted by molar-refractivity contribution is 7.03. The van der Waals surface area contributed by atoms with E-state index in [9.17, 15) is 9.59 Å². The number of carbonyl (C=O) groups is 1. The molecule has 1 aliphatic carbocycles. The Kier molecular flexibility index (Phi) is 3.17. The molecule has 0 fully saturated rings. The minimum atomic E-state index is -0.390. The zero-order chi connectivity index (χ0) is 14.3. The molecule has 0 saturated carbocycles. The molecule has 1 aliphatic rings. The molecule has 0 saturated heterocycles. The summed E-state index contributed by atoms with van der Waals surface area (Å²) in [6, 6.07) is 3.46. The number of nitrogens with one attached hydrogen (secondary N) is 1. The Balaban J connectivity index is 2.02. The van der Waals surface area contributed by atoms with Crippen LogP contribution in [0.15, 0.2) is 22.3 Å². The predicted molar refractivity (Wildman–Crippen MR) is 78.5 cm³/mol. The van der Waals surface area contributed by atoms with E-state index in [0.29, 0.717) is 11.7 Å². The average Bonchev–Trinajstić information content (AvgIpc) is 3.04. The SMILES string of the molecule is C[C@@H]1CCc2c1cc(C(=O)Nc1ccsn1)c(=O)n2C. The summed E-state index contributed by atoms with van der Waals surface area (Å²) in [5.74, 6) is 0.483. The van der Waals surface area contributed by atoms with Crippen LogP contribution in [0, 0.1) is 0 Å². The molecule has 0 radical (unpaired) electrons. The van der Waals surface area contributed by atoms with Gasteiger partial charge in [0.05, 0.1) is 0 Å². The summed E-state index contributed by atoms with van der Waals surface area (Å²) in [6.45, 7) is 2.12. The van der Waals surface area contributed by atoms with Crippen LogP contribution in [0.4, 0.5) is 5.82 Å². The normalized spacial score (nSPS) is 17.0. The van der Waals surface area contributed by atoms with E-state index in [-0.39, 0.29) is 11.1 Å². The minimum absolute atomic E-state index is 0.188. The molecule has 2 aromatic rings. The second-order valence-electron chi connectivity index (χ2n) is 5.10. The van der Waals surface area contributed by atoms with Gasteiger partial charge in [0.25, 0.3) is 11.5 Å². The first kappa shape index (κ1) is 13.1. The Bertz CT molecular complexity index is 719. The Morgan fingerprint density at radius 3 is 3.05 bits per heavy atom. The Morgan fingerprint density at radius 1 is 1.55 bits per heavy atom. The molecule has 0 spiro atoms. The third kappa shape index (κ3) is 2.06. The lowest BCUT2D eigenvalue weighted by Crippen LogP contribution is -2.29. The van der Waals surface area contributed by atoms with E-state index in [1.54, 1.807) is 29.1 Å². The molecule has 0 aromatic carbocycles. The van der Waals surface area contributed by atoms with Gasteiger partial charge in [-0.15, -0.1) is 0 Å². The number of carbonyl (C=O) groups excluding carboxylic acids is 1. The third-order valence-corrected chi connectivity index (χ3v) is 4.40. The van der Waals surface area contributed by atoms with Gasteiger partial charge in [0, 0.05) is 18.1 Å². The van der Waals surface area contributed by atoms with E-state index in [4.69, 9.17) is 0 Å². The fourth-order valence-electron chi connectivity index (χ4n) is 2.67. The number of amides is 1. The van der Waals surface area contributed by atoms with Crippen molar-refractivity contribution in [2.45, 2.75) is 25.7 Å². The van der Waals surface area contributed by atoms with E-state index in [1.165, 1.54) is 11.5 Å². The van der Waals surface area contributed by atoms with Crippen LogP contribution in [0.25, 0.3) is 0 Å². The zero-order valence-electron chi connectivity index (χ0n) is 11.3. The molecule has 1 atom stereocenters. The van der Waals surface area contributed by atoms with Crippen LogP contribution in [0.2, 0.25) is 0 Å². The zero-order valence-corrected chi connectivity index (χ0v) is 12.2. The maximum atomic E-state index is 12.3. The van der Waals surface area contributed by atoms with Crippen LogP contribution in [-0.4, -0.2) is 14.8 Å². The predicted octanol–water partition coefficient (Wildman–Crippen LogP) is 2.14. The van der Waals surface area contributed by atoms with Gasteiger partial charge in [-0.25, -0.2) is 0 Å².